The molecule has 0 bridgehead atoms. The Balaban J connectivity index is 4.78. The zero-order valence-electron chi connectivity index (χ0n) is 10.5. The molecule has 0 atom stereocenters. The van der Waals surface area contributed by atoms with Gasteiger partial charge in [0.05, 0.1) is 0 Å². The van der Waals surface area contributed by atoms with Gasteiger partial charge in [-0.05, 0) is 11.3 Å². The summed E-state index contributed by atoms with van der Waals surface area (Å²) in [6, 6.07) is 0. The van der Waals surface area contributed by atoms with Gasteiger partial charge in [0.2, 0.25) is 0 Å². The average molecular weight is 206 g/mol. The third-order valence-electron chi connectivity index (χ3n) is 3.14. The average Bonchev–Trinajstić information content (AvgIpc) is 1.80. The van der Waals surface area contributed by atoms with Crippen molar-refractivity contribution in [3.05, 3.63) is 0 Å². The molecule has 0 aliphatic rings. The molecule has 0 saturated carbocycles. The van der Waals surface area contributed by atoms with Crippen molar-refractivity contribution in [2.75, 3.05) is 0 Å². The minimum atomic E-state index is -2.60. The normalized spacial score (nSPS) is 15.0. The first-order valence-corrected chi connectivity index (χ1v) is 5.28. The lowest BCUT2D eigenvalue weighted by atomic mass is 9.70. The van der Waals surface area contributed by atoms with Crippen molar-refractivity contribution in [2.24, 2.45) is 16.7 Å². The van der Waals surface area contributed by atoms with E-state index in [1.807, 2.05) is 34.6 Å². The van der Waals surface area contributed by atoms with Crippen LogP contribution in [-0.4, -0.2) is 5.92 Å². The van der Waals surface area contributed by atoms with Gasteiger partial charge < -0.3 is 0 Å². The first kappa shape index (κ1) is 13.9. The Morgan fingerprint density at radius 1 is 0.929 bits per heavy atom. The summed E-state index contributed by atoms with van der Waals surface area (Å²) in [6.07, 6.45) is -0.0504. The molecule has 0 aromatic carbocycles. The van der Waals surface area contributed by atoms with E-state index in [1.54, 1.807) is 13.8 Å². The van der Waals surface area contributed by atoms with Crippen LogP contribution in [0.15, 0.2) is 0 Å². The highest BCUT2D eigenvalue weighted by Gasteiger charge is 2.49. The molecule has 0 spiro atoms. The maximum Gasteiger partial charge on any atom is 0.253 e. The van der Waals surface area contributed by atoms with E-state index in [0.717, 1.165) is 0 Å². The number of alkyl halides is 2. The molecule has 2 heteroatoms. The molecule has 0 saturated heterocycles. The van der Waals surface area contributed by atoms with Crippen LogP contribution in [-0.2, 0) is 0 Å². The minimum Gasteiger partial charge on any atom is -0.206 e. The maximum atomic E-state index is 13.9. The topological polar surface area (TPSA) is 0 Å². The molecule has 0 heterocycles. The van der Waals surface area contributed by atoms with Gasteiger partial charge in [-0.25, -0.2) is 8.78 Å². The van der Waals surface area contributed by atoms with E-state index in [4.69, 9.17) is 0 Å². The lowest BCUT2D eigenvalue weighted by molar-refractivity contribution is -0.148. The molecule has 0 N–H and O–H groups in total. The Morgan fingerprint density at radius 3 is 1.50 bits per heavy atom. The van der Waals surface area contributed by atoms with Gasteiger partial charge in [-0.15, -0.1) is 0 Å². The third kappa shape index (κ3) is 3.21. The van der Waals surface area contributed by atoms with Crippen LogP contribution in [0.5, 0.6) is 0 Å². The molecule has 0 amide bonds. The second-order valence-electron chi connectivity index (χ2n) is 6.32. The van der Waals surface area contributed by atoms with E-state index >= 15 is 0 Å². The largest absolute Gasteiger partial charge is 0.253 e. The summed E-state index contributed by atoms with van der Waals surface area (Å²) in [5.74, 6) is -2.61. The van der Waals surface area contributed by atoms with Crippen LogP contribution in [0.1, 0.15) is 54.9 Å². The fourth-order valence-corrected chi connectivity index (χ4v) is 1.32. The van der Waals surface area contributed by atoms with Crippen molar-refractivity contribution in [1.29, 1.82) is 0 Å². The standard InChI is InChI=1S/C12H24F2/c1-9(2)11(6,7)12(13,14)8-10(3,4)5/h9H,8H2,1-7H3. The summed E-state index contributed by atoms with van der Waals surface area (Å²) < 4.78 is 27.9. The smallest absolute Gasteiger partial charge is 0.206 e. The van der Waals surface area contributed by atoms with Gasteiger partial charge in [0.1, 0.15) is 0 Å². The number of hydrogen-bond acceptors (Lipinski definition) is 0. The van der Waals surface area contributed by atoms with Crippen molar-refractivity contribution in [1.82, 2.24) is 0 Å². The highest BCUT2D eigenvalue weighted by molar-refractivity contribution is 4.90. The molecule has 86 valence electrons. The van der Waals surface area contributed by atoms with Gasteiger partial charge in [-0.2, -0.15) is 0 Å². The van der Waals surface area contributed by atoms with E-state index in [9.17, 15) is 8.78 Å². The predicted molar refractivity (Wildman–Crippen MR) is 57.6 cm³/mol. The molecule has 14 heavy (non-hydrogen) atoms. The first-order chi connectivity index (χ1) is 5.90. The Bertz CT molecular complexity index is 185. The van der Waals surface area contributed by atoms with Gasteiger partial charge in [0, 0.05) is 11.8 Å². The fraction of sp³-hybridized carbons (Fsp3) is 1.00. The number of halogens is 2. The molecule has 0 nitrogen and oxygen atoms in total. The van der Waals surface area contributed by atoms with Crippen LogP contribution < -0.4 is 0 Å². The quantitative estimate of drug-likeness (QED) is 0.625. The minimum absolute atomic E-state index is 0.0140. The molecule has 0 rings (SSSR count). The predicted octanol–water partition coefficient (Wildman–Crippen LogP) is 4.74. The summed E-state index contributed by atoms with van der Waals surface area (Å²) in [5, 5.41) is 0. The second kappa shape index (κ2) is 3.79. The Morgan fingerprint density at radius 2 is 1.29 bits per heavy atom. The van der Waals surface area contributed by atoms with Crippen molar-refractivity contribution < 1.29 is 8.78 Å². The summed E-state index contributed by atoms with van der Waals surface area (Å²) in [7, 11) is 0. The molecular formula is C12H24F2. The number of rotatable bonds is 3. The second-order valence-corrected chi connectivity index (χ2v) is 6.32. The molecular weight excluding hydrogens is 182 g/mol. The fourth-order valence-electron chi connectivity index (χ4n) is 1.32. The SMILES string of the molecule is CC(C)C(C)(C)C(F)(F)CC(C)(C)C. The van der Waals surface area contributed by atoms with Crippen LogP contribution in [0.4, 0.5) is 8.78 Å². The molecule has 0 unspecified atom stereocenters. The van der Waals surface area contributed by atoms with Crippen molar-refractivity contribution >= 4 is 0 Å². The van der Waals surface area contributed by atoms with Crippen molar-refractivity contribution in [3.63, 3.8) is 0 Å². The monoisotopic (exact) mass is 206 g/mol. The van der Waals surface area contributed by atoms with Crippen LogP contribution in [0.2, 0.25) is 0 Å². The highest BCUT2D eigenvalue weighted by atomic mass is 19.3. The summed E-state index contributed by atoms with van der Waals surface area (Å²) in [4.78, 5) is 0. The number of hydrogen-bond donors (Lipinski definition) is 0. The first-order valence-electron chi connectivity index (χ1n) is 5.28. The summed E-state index contributed by atoms with van der Waals surface area (Å²) in [5.41, 5.74) is -1.25. The van der Waals surface area contributed by atoms with E-state index in [0.29, 0.717) is 0 Å². The van der Waals surface area contributed by atoms with E-state index in [2.05, 4.69) is 0 Å². The lowest BCUT2D eigenvalue weighted by Crippen LogP contribution is -2.43. The van der Waals surface area contributed by atoms with Crippen LogP contribution >= 0.6 is 0 Å². The van der Waals surface area contributed by atoms with Crippen molar-refractivity contribution in [2.45, 2.75) is 60.8 Å². The molecule has 0 aromatic rings. The lowest BCUT2D eigenvalue weighted by Gasteiger charge is -2.40. The third-order valence-corrected chi connectivity index (χ3v) is 3.14. The summed E-state index contributed by atoms with van der Waals surface area (Å²) in [6.45, 7) is 12.6. The molecule has 0 fully saturated rings. The van der Waals surface area contributed by atoms with Crippen LogP contribution in [0.25, 0.3) is 0 Å². The van der Waals surface area contributed by atoms with Gasteiger partial charge in [-0.1, -0.05) is 48.5 Å². The van der Waals surface area contributed by atoms with E-state index in [1.165, 1.54) is 0 Å². The molecule has 0 aromatic heterocycles. The van der Waals surface area contributed by atoms with Gasteiger partial charge >= 0.3 is 0 Å². The van der Waals surface area contributed by atoms with Crippen LogP contribution in [0, 0.1) is 16.7 Å². The van der Waals surface area contributed by atoms with Gasteiger partial charge in [0.15, 0.2) is 0 Å². The van der Waals surface area contributed by atoms with Gasteiger partial charge in [-0.3, -0.25) is 0 Å². The van der Waals surface area contributed by atoms with Crippen LogP contribution in [0.3, 0.4) is 0 Å². The highest BCUT2D eigenvalue weighted by Crippen LogP contribution is 2.48. The Labute approximate surface area is 87.1 Å². The maximum absolute atomic E-state index is 13.9. The molecule has 0 radical (unpaired) electrons. The van der Waals surface area contributed by atoms with E-state index in [-0.39, 0.29) is 17.8 Å². The summed E-state index contributed by atoms with van der Waals surface area (Å²) >= 11 is 0. The van der Waals surface area contributed by atoms with E-state index < -0.39 is 11.3 Å². The Hall–Kier alpha value is -0.140. The molecule has 0 aliphatic heterocycles. The Kier molecular flexibility index (Phi) is 3.75. The molecule has 0 aliphatic carbocycles. The zero-order chi connectivity index (χ0) is 11.8. The van der Waals surface area contributed by atoms with Crippen molar-refractivity contribution in [3.8, 4) is 0 Å². The zero-order valence-corrected chi connectivity index (χ0v) is 10.5. The van der Waals surface area contributed by atoms with Gasteiger partial charge in [0.25, 0.3) is 5.92 Å².